The molecule has 0 amide bonds. The molecule has 0 aliphatic carbocycles. The van der Waals surface area contributed by atoms with Gasteiger partial charge in [0.25, 0.3) is 5.56 Å². The molecule has 0 saturated carbocycles. The number of carbonyl (C=O) groups is 1. The number of fused-ring (bicyclic) bond motifs is 1. The highest BCUT2D eigenvalue weighted by atomic mass is 32.2. The van der Waals surface area contributed by atoms with Crippen LogP contribution in [-0.2, 0) is 9.53 Å². The van der Waals surface area contributed by atoms with Gasteiger partial charge < -0.3 is 9.72 Å². The van der Waals surface area contributed by atoms with Gasteiger partial charge in [-0.25, -0.2) is 9.67 Å². The van der Waals surface area contributed by atoms with E-state index in [1.807, 2.05) is 30.3 Å². The Labute approximate surface area is 135 Å². The number of nitrogens with zero attached hydrogens (tertiary/aromatic N) is 3. The van der Waals surface area contributed by atoms with Crippen LogP contribution in [0.4, 0.5) is 0 Å². The Morgan fingerprint density at radius 1 is 1.35 bits per heavy atom. The van der Waals surface area contributed by atoms with Crippen LogP contribution < -0.4 is 5.56 Å². The van der Waals surface area contributed by atoms with E-state index in [1.54, 1.807) is 11.6 Å². The zero-order valence-corrected chi connectivity index (χ0v) is 13.3. The van der Waals surface area contributed by atoms with Gasteiger partial charge in [-0.2, -0.15) is 5.10 Å². The summed E-state index contributed by atoms with van der Waals surface area (Å²) in [4.78, 5) is 30.8. The van der Waals surface area contributed by atoms with Gasteiger partial charge in [0.05, 0.1) is 19.0 Å². The number of nitrogens with one attached hydrogen (secondary N) is 1. The first-order chi connectivity index (χ1) is 11.1. The van der Waals surface area contributed by atoms with E-state index in [1.165, 1.54) is 13.3 Å². The summed E-state index contributed by atoms with van der Waals surface area (Å²) >= 11 is 1.13. The number of H-pyrrole nitrogens is 1. The maximum atomic E-state index is 12.2. The molecule has 2 aromatic heterocycles. The Morgan fingerprint density at radius 3 is 2.78 bits per heavy atom. The van der Waals surface area contributed by atoms with Crippen LogP contribution in [-0.4, -0.2) is 38.1 Å². The molecule has 2 heterocycles. The lowest BCUT2D eigenvalue weighted by Gasteiger charge is -2.08. The second-order valence-electron chi connectivity index (χ2n) is 4.78. The summed E-state index contributed by atoms with van der Waals surface area (Å²) in [5.41, 5.74) is 0.953. The van der Waals surface area contributed by atoms with Crippen LogP contribution in [0.15, 0.2) is 46.5 Å². The van der Waals surface area contributed by atoms with Crippen molar-refractivity contribution in [1.82, 2.24) is 19.7 Å². The quantitative estimate of drug-likeness (QED) is 0.445. The van der Waals surface area contributed by atoms with E-state index in [0.717, 1.165) is 17.4 Å². The third-order valence-corrected chi connectivity index (χ3v) is 4.20. The van der Waals surface area contributed by atoms with Gasteiger partial charge in [-0.15, -0.1) is 0 Å². The van der Waals surface area contributed by atoms with E-state index in [2.05, 4.69) is 19.8 Å². The number of hydrogen-bond acceptors (Lipinski definition) is 6. The lowest BCUT2D eigenvalue weighted by molar-refractivity contribution is -0.139. The van der Waals surface area contributed by atoms with Gasteiger partial charge in [0.2, 0.25) is 0 Å². The maximum Gasteiger partial charge on any atom is 0.318 e. The van der Waals surface area contributed by atoms with Crippen molar-refractivity contribution in [3.05, 3.63) is 46.9 Å². The lowest BCUT2D eigenvalue weighted by atomic mass is 10.3. The van der Waals surface area contributed by atoms with Crippen molar-refractivity contribution in [3.8, 4) is 5.69 Å². The molecule has 1 N–H and O–H groups in total. The number of aromatic amines is 1. The molecule has 0 bridgehead atoms. The number of thioether (sulfide) groups is 1. The van der Waals surface area contributed by atoms with E-state index in [-0.39, 0.29) is 11.5 Å². The number of methoxy groups -OCH3 is 1. The number of benzene rings is 1. The van der Waals surface area contributed by atoms with Gasteiger partial charge >= 0.3 is 5.97 Å². The normalized spacial score (nSPS) is 12.3. The Bertz CT molecular complexity index is 904. The van der Waals surface area contributed by atoms with Crippen molar-refractivity contribution in [1.29, 1.82) is 0 Å². The molecule has 3 aromatic rings. The van der Waals surface area contributed by atoms with Crippen LogP contribution in [0.5, 0.6) is 0 Å². The Balaban J connectivity index is 2.06. The van der Waals surface area contributed by atoms with Gasteiger partial charge in [-0.3, -0.25) is 9.59 Å². The summed E-state index contributed by atoms with van der Waals surface area (Å²) in [5.74, 6) is -0.380. The first kappa shape index (κ1) is 15.3. The summed E-state index contributed by atoms with van der Waals surface area (Å²) < 4.78 is 6.28. The van der Waals surface area contributed by atoms with Crippen molar-refractivity contribution in [2.24, 2.45) is 0 Å². The highest BCUT2D eigenvalue weighted by Gasteiger charge is 2.18. The average Bonchev–Trinajstić information content (AvgIpc) is 2.99. The molecule has 23 heavy (non-hydrogen) atoms. The van der Waals surface area contributed by atoms with Crippen molar-refractivity contribution < 1.29 is 9.53 Å². The Morgan fingerprint density at radius 2 is 2.09 bits per heavy atom. The van der Waals surface area contributed by atoms with Crippen LogP contribution in [0.1, 0.15) is 6.92 Å². The SMILES string of the molecule is COC(=O)[C@H](C)Sc1nc2c(cnn2-c2ccccc2)c(=O)[nH]1. The van der Waals surface area contributed by atoms with Crippen LogP contribution >= 0.6 is 11.8 Å². The zero-order chi connectivity index (χ0) is 16.4. The molecule has 0 spiro atoms. The summed E-state index contributed by atoms with van der Waals surface area (Å²) in [5, 5.41) is 4.49. The highest BCUT2D eigenvalue weighted by molar-refractivity contribution is 8.00. The van der Waals surface area contributed by atoms with Crippen LogP contribution in [0.25, 0.3) is 16.7 Å². The molecule has 0 aliphatic rings. The fraction of sp³-hybridized carbons (Fsp3) is 0.200. The van der Waals surface area contributed by atoms with Crippen molar-refractivity contribution in [2.45, 2.75) is 17.3 Å². The number of ether oxygens (including phenoxy) is 1. The molecule has 7 nitrogen and oxygen atoms in total. The number of rotatable bonds is 4. The lowest BCUT2D eigenvalue weighted by Crippen LogP contribution is -2.17. The second-order valence-corrected chi connectivity index (χ2v) is 6.11. The molecule has 118 valence electrons. The fourth-order valence-electron chi connectivity index (χ4n) is 2.09. The average molecular weight is 330 g/mol. The standard InChI is InChI=1S/C15H14N4O3S/c1-9(14(21)22-2)23-15-17-12-11(13(20)18-15)8-16-19(12)10-6-4-3-5-7-10/h3-9H,1-2H3,(H,17,18,20)/t9-/m0/s1. The molecule has 1 atom stereocenters. The van der Waals surface area contributed by atoms with E-state index < -0.39 is 5.25 Å². The van der Waals surface area contributed by atoms with Crippen LogP contribution in [0.2, 0.25) is 0 Å². The first-order valence-electron chi connectivity index (χ1n) is 6.88. The van der Waals surface area contributed by atoms with E-state index in [4.69, 9.17) is 0 Å². The number of hydrogen-bond donors (Lipinski definition) is 1. The van der Waals surface area contributed by atoms with Gasteiger partial charge in [0, 0.05) is 0 Å². The smallest absolute Gasteiger partial charge is 0.318 e. The topological polar surface area (TPSA) is 89.9 Å². The minimum Gasteiger partial charge on any atom is -0.468 e. The third-order valence-electron chi connectivity index (χ3n) is 3.24. The third kappa shape index (κ3) is 2.98. The predicted octanol–water partition coefficient (Wildman–Crippen LogP) is 1.76. The fourth-order valence-corrected chi connectivity index (χ4v) is 2.91. The van der Waals surface area contributed by atoms with E-state index >= 15 is 0 Å². The summed E-state index contributed by atoms with van der Waals surface area (Å²) in [6.45, 7) is 1.69. The molecule has 0 fully saturated rings. The summed E-state index contributed by atoms with van der Waals surface area (Å²) in [6, 6.07) is 9.41. The number of para-hydroxylation sites is 1. The largest absolute Gasteiger partial charge is 0.468 e. The van der Waals surface area contributed by atoms with Crippen LogP contribution in [0.3, 0.4) is 0 Å². The number of esters is 1. The number of aromatic nitrogens is 4. The minimum absolute atomic E-state index is 0.295. The molecule has 3 rings (SSSR count). The Hall–Kier alpha value is -2.61. The van der Waals surface area contributed by atoms with Crippen LogP contribution in [0, 0.1) is 0 Å². The molecule has 0 unspecified atom stereocenters. The first-order valence-corrected chi connectivity index (χ1v) is 7.76. The molecule has 8 heteroatoms. The Kier molecular flexibility index (Phi) is 4.16. The molecule has 0 aliphatic heterocycles. The monoisotopic (exact) mass is 330 g/mol. The molecule has 0 radical (unpaired) electrons. The second kappa shape index (κ2) is 6.25. The zero-order valence-electron chi connectivity index (χ0n) is 12.5. The molecule has 0 saturated heterocycles. The van der Waals surface area contributed by atoms with Gasteiger partial charge in [-0.05, 0) is 19.1 Å². The molecule has 1 aromatic carbocycles. The van der Waals surface area contributed by atoms with E-state index in [9.17, 15) is 9.59 Å². The van der Waals surface area contributed by atoms with Crippen molar-refractivity contribution >= 4 is 28.8 Å². The van der Waals surface area contributed by atoms with Gasteiger partial charge in [0.15, 0.2) is 10.8 Å². The molecular weight excluding hydrogens is 316 g/mol. The summed E-state index contributed by atoms with van der Waals surface area (Å²) in [7, 11) is 1.32. The van der Waals surface area contributed by atoms with E-state index in [0.29, 0.717) is 16.2 Å². The predicted molar refractivity (Wildman–Crippen MR) is 86.8 cm³/mol. The van der Waals surface area contributed by atoms with Crippen molar-refractivity contribution in [2.75, 3.05) is 7.11 Å². The van der Waals surface area contributed by atoms with Gasteiger partial charge in [0.1, 0.15) is 10.6 Å². The number of carbonyl (C=O) groups excluding carboxylic acids is 1. The van der Waals surface area contributed by atoms with Crippen molar-refractivity contribution in [3.63, 3.8) is 0 Å². The summed E-state index contributed by atoms with van der Waals surface area (Å²) in [6.07, 6.45) is 1.48. The minimum atomic E-state index is -0.478. The highest BCUT2D eigenvalue weighted by Crippen LogP contribution is 2.21. The van der Waals surface area contributed by atoms with Gasteiger partial charge in [-0.1, -0.05) is 30.0 Å². The maximum absolute atomic E-state index is 12.2. The molecular formula is C15H14N4O3S.